The van der Waals surface area contributed by atoms with Crippen molar-refractivity contribution in [2.45, 2.75) is 19.3 Å². The van der Waals surface area contributed by atoms with Gasteiger partial charge in [0.25, 0.3) is 5.91 Å². The van der Waals surface area contributed by atoms with Gasteiger partial charge in [0.05, 0.1) is 6.20 Å². The molecule has 2 heterocycles. The second kappa shape index (κ2) is 3.65. The third-order valence-corrected chi connectivity index (χ3v) is 2.32. The Morgan fingerprint density at radius 3 is 2.64 bits per heavy atom. The number of nitrogens with two attached hydrogens (primary N) is 1. The van der Waals surface area contributed by atoms with Crippen LogP contribution in [-0.4, -0.2) is 34.1 Å². The Balaban J connectivity index is 2.11. The fourth-order valence-corrected chi connectivity index (χ4v) is 1.56. The molecule has 1 saturated heterocycles. The normalized spacial score (nSPS) is 17.0. The minimum atomic E-state index is -0.534. The van der Waals surface area contributed by atoms with Crippen LogP contribution in [0.4, 0.5) is 0 Å². The summed E-state index contributed by atoms with van der Waals surface area (Å²) in [6.07, 6.45) is 4.94. The van der Waals surface area contributed by atoms with Crippen LogP contribution >= 0.6 is 0 Å². The SMILES string of the molecule is NC(=O)c1cnn(N2CCCCC2)n1. The molecule has 0 aromatic carbocycles. The van der Waals surface area contributed by atoms with Crippen molar-refractivity contribution in [3.05, 3.63) is 11.9 Å². The monoisotopic (exact) mass is 195 g/mol. The van der Waals surface area contributed by atoms with Gasteiger partial charge in [-0.25, -0.2) is 0 Å². The van der Waals surface area contributed by atoms with E-state index in [2.05, 4.69) is 10.2 Å². The number of rotatable bonds is 2. The van der Waals surface area contributed by atoms with Gasteiger partial charge < -0.3 is 5.73 Å². The molecule has 0 unspecified atom stereocenters. The van der Waals surface area contributed by atoms with Gasteiger partial charge in [0.2, 0.25) is 0 Å². The zero-order chi connectivity index (χ0) is 9.97. The zero-order valence-corrected chi connectivity index (χ0v) is 7.89. The summed E-state index contributed by atoms with van der Waals surface area (Å²) in [5.41, 5.74) is 5.30. The van der Waals surface area contributed by atoms with Gasteiger partial charge in [-0.3, -0.25) is 9.80 Å². The first-order valence-electron chi connectivity index (χ1n) is 4.75. The Morgan fingerprint density at radius 1 is 1.36 bits per heavy atom. The molecule has 1 aliphatic heterocycles. The van der Waals surface area contributed by atoms with Crippen LogP contribution in [0.3, 0.4) is 0 Å². The molecule has 2 rings (SSSR count). The molecule has 1 amide bonds. The Labute approximate surface area is 81.6 Å². The van der Waals surface area contributed by atoms with E-state index in [9.17, 15) is 4.79 Å². The lowest BCUT2D eigenvalue weighted by atomic mass is 10.2. The molecule has 1 aromatic heterocycles. The summed E-state index contributed by atoms with van der Waals surface area (Å²) in [7, 11) is 0. The van der Waals surface area contributed by atoms with E-state index in [1.165, 1.54) is 17.5 Å². The van der Waals surface area contributed by atoms with E-state index in [0.717, 1.165) is 25.9 Å². The molecule has 6 nitrogen and oxygen atoms in total. The van der Waals surface area contributed by atoms with Gasteiger partial charge in [0.15, 0.2) is 5.69 Å². The molecule has 1 fully saturated rings. The van der Waals surface area contributed by atoms with Gasteiger partial charge in [-0.2, -0.15) is 0 Å². The van der Waals surface area contributed by atoms with Gasteiger partial charge in [-0.1, -0.05) is 4.91 Å². The molecule has 0 bridgehead atoms. The zero-order valence-electron chi connectivity index (χ0n) is 7.89. The number of carbonyl (C=O) groups excluding carboxylic acids is 1. The number of piperidine rings is 1. The average molecular weight is 195 g/mol. The molecule has 0 aliphatic carbocycles. The lowest BCUT2D eigenvalue weighted by molar-refractivity contribution is 0.0994. The van der Waals surface area contributed by atoms with Crippen molar-refractivity contribution < 1.29 is 4.79 Å². The summed E-state index contributed by atoms with van der Waals surface area (Å²) < 4.78 is 0. The van der Waals surface area contributed by atoms with Crippen LogP contribution in [0, 0.1) is 0 Å². The summed E-state index contributed by atoms with van der Waals surface area (Å²) in [4.78, 5) is 12.3. The van der Waals surface area contributed by atoms with Crippen LogP contribution in [0.1, 0.15) is 29.8 Å². The molecular formula is C8H13N5O. The van der Waals surface area contributed by atoms with Crippen molar-refractivity contribution in [2.75, 3.05) is 18.1 Å². The van der Waals surface area contributed by atoms with E-state index < -0.39 is 5.91 Å². The van der Waals surface area contributed by atoms with E-state index in [-0.39, 0.29) is 5.69 Å². The van der Waals surface area contributed by atoms with Crippen LogP contribution in [0.5, 0.6) is 0 Å². The second-order valence-corrected chi connectivity index (χ2v) is 3.38. The summed E-state index contributed by atoms with van der Waals surface area (Å²) in [6, 6.07) is 0. The first-order chi connectivity index (χ1) is 6.77. The number of primary amides is 1. The molecule has 0 spiro atoms. The highest BCUT2D eigenvalue weighted by molar-refractivity contribution is 5.90. The molecular weight excluding hydrogens is 182 g/mol. The molecule has 0 atom stereocenters. The Kier molecular flexibility index (Phi) is 2.34. The summed E-state index contributed by atoms with van der Waals surface area (Å²) in [6.45, 7) is 1.87. The standard InChI is InChI=1S/C8H13N5O/c9-8(14)7-6-10-13(11-7)12-4-2-1-3-5-12/h6H,1-5H2,(H2,9,14). The van der Waals surface area contributed by atoms with Crippen LogP contribution in [0.2, 0.25) is 0 Å². The van der Waals surface area contributed by atoms with Crippen molar-refractivity contribution in [3.63, 3.8) is 0 Å². The predicted molar refractivity (Wildman–Crippen MR) is 50.3 cm³/mol. The predicted octanol–water partition coefficient (Wildman–Crippen LogP) is -0.501. The van der Waals surface area contributed by atoms with Gasteiger partial charge in [0, 0.05) is 13.1 Å². The minimum absolute atomic E-state index is 0.218. The fourth-order valence-electron chi connectivity index (χ4n) is 1.56. The van der Waals surface area contributed by atoms with Crippen LogP contribution in [0.25, 0.3) is 0 Å². The van der Waals surface area contributed by atoms with Gasteiger partial charge >= 0.3 is 0 Å². The molecule has 0 saturated carbocycles. The number of amides is 1. The fraction of sp³-hybridized carbons (Fsp3) is 0.625. The van der Waals surface area contributed by atoms with Gasteiger partial charge in [-0.15, -0.1) is 10.2 Å². The maximum atomic E-state index is 10.8. The molecule has 76 valence electrons. The lowest BCUT2D eigenvalue weighted by Gasteiger charge is -2.26. The lowest BCUT2D eigenvalue weighted by Crippen LogP contribution is -2.40. The number of aromatic nitrogens is 3. The van der Waals surface area contributed by atoms with Gasteiger partial charge in [-0.05, 0) is 19.3 Å². The van der Waals surface area contributed by atoms with E-state index in [1.807, 2.05) is 5.01 Å². The molecule has 14 heavy (non-hydrogen) atoms. The topological polar surface area (TPSA) is 77.0 Å². The molecule has 1 aromatic rings. The number of carbonyl (C=O) groups is 1. The average Bonchev–Trinajstić information content (AvgIpc) is 2.68. The number of nitrogens with zero attached hydrogens (tertiary/aromatic N) is 4. The minimum Gasteiger partial charge on any atom is -0.364 e. The highest BCUT2D eigenvalue weighted by atomic mass is 16.1. The maximum absolute atomic E-state index is 10.8. The highest BCUT2D eigenvalue weighted by Crippen LogP contribution is 2.06. The summed E-state index contributed by atoms with van der Waals surface area (Å²) >= 11 is 0. The Bertz CT molecular complexity index is 328. The van der Waals surface area contributed by atoms with Crippen LogP contribution in [-0.2, 0) is 0 Å². The third kappa shape index (κ3) is 1.68. The largest absolute Gasteiger partial charge is 0.364 e. The van der Waals surface area contributed by atoms with Crippen LogP contribution < -0.4 is 10.7 Å². The van der Waals surface area contributed by atoms with Crippen molar-refractivity contribution in [1.82, 2.24) is 15.1 Å². The van der Waals surface area contributed by atoms with Crippen molar-refractivity contribution in [2.24, 2.45) is 5.73 Å². The van der Waals surface area contributed by atoms with E-state index in [4.69, 9.17) is 5.73 Å². The summed E-state index contributed by atoms with van der Waals surface area (Å²) in [5, 5.41) is 9.99. The van der Waals surface area contributed by atoms with Gasteiger partial charge in [0.1, 0.15) is 0 Å². The second-order valence-electron chi connectivity index (χ2n) is 3.38. The quantitative estimate of drug-likeness (QED) is 0.690. The molecule has 0 radical (unpaired) electrons. The number of hydrogen-bond donors (Lipinski definition) is 1. The van der Waals surface area contributed by atoms with Crippen molar-refractivity contribution in [3.8, 4) is 0 Å². The van der Waals surface area contributed by atoms with Crippen molar-refractivity contribution >= 4 is 5.91 Å². The van der Waals surface area contributed by atoms with E-state index in [1.54, 1.807) is 0 Å². The third-order valence-electron chi connectivity index (χ3n) is 2.32. The highest BCUT2D eigenvalue weighted by Gasteiger charge is 2.14. The first-order valence-corrected chi connectivity index (χ1v) is 4.75. The Morgan fingerprint density at radius 2 is 2.07 bits per heavy atom. The smallest absolute Gasteiger partial charge is 0.270 e. The number of hydrogen-bond acceptors (Lipinski definition) is 4. The Hall–Kier alpha value is -1.59. The van der Waals surface area contributed by atoms with Crippen LogP contribution in [0.15, 0.2) is 6.20 Å². The summed E-state index contributed by atoms with van der Waals surface area (Å²) in [5.74, 6) is -0.534. The van der Waals surface area contributed by atoms with Crippen molar-refractivity contribution in [1.29, 1.82) is 0 Å². The first kappa shape index (κ1) is 8.98. The molecule has 2 N–H and O–H groups in total. The van der Waals surface area contributed by atoms with E-state index in [0.29, 0.717) is 0 Å². The molecule has 6 heteroatoms. The van der Waals surface area contributed by atoms with E-state index >= 15 is 0 Å². The maximum Gasteiger partial charge on any atom is 0.270 e. The molecule has 1 aliphatic rings.